The molecular weight excluding hydrogens is 310 g/mol. The Morgan fingerprint density at radius 1 is 1.30 bits per heavy atom. The van der Waals surface area contributed by atoms with Crippen LogP contribution in [0.2, 0.25) is 0 Å². The van der Waals surface area contributed by atoms with Gasteiger partial charge in [0.1, 0.15) is 11.5 Å². The number of hydrazone groups is 1. The first kappa shape index (κ1) is 14.7. The molecule has 0 unspecified atom stereocenters. The summed E-state index contributed by atoms with van der Waals surface area (Å²) in [5.41, 5.74) is 0.850. The Morgan fingerprint density at radius 2 is 2.17 bits per heavy atom. The lowest BCUT2D eigenvalue weighted by Gasteiger charge is -2.23. The molecule has 0 spiro atoms. The minimum Gasteiger partial charge on any atom is -0.463 e. The zero-order chi connectivity index (χ0) is 15.6. The highest BCUT2D eigenvalue weighted by Crippen LogP contribution is 2.35. The van der Waals surface area contributed by atoms with Gasteiger partial charge in [-0.15, -0.1) is 11.3 Å². The molecule has 0 saturated carbocycles. The van der Waals surface area contributed by atoms with Crippen LogP contribution in [0.1, 0.15) is 35.9 Å². The molecule has 4 heterocycles. The third kappa shape index (κ3) is 2.96. The van der Waals surface area contributed by atoms with Crippen LogP contribution in [0.25, 0.3) is 0 Å². The van der Waals surface area contributed by atoms with Crippen molar-refractivity contribution in [2.75, 3.05) is 19.6 Å². The number of carbonyl (C=O) groups is 1. The molecule has 1 atom stereocenters. The van der Waals surface area contributed by atoms with Crippen LogP contribution in [0, 0.1) is 0 Å². The Hall–Kier alpha value is -1.92. The molecule has 4 rings (SSSR count). The number of furan rings is 1. The molecule has 120 valence electrons. The van der Waals surface area contributed by atoms with Crippen LogP contribution in [0.15, 0.2) is 45.4 Å². The molecule has 2 aromatic rings. The first-order valence-electron chi connectivity index (χ1n) is 8.00. The zero-order valence-corrected chi connectivity index (χ0v) is 13.7. The fourth-order valence-electron chi connectivity index (χ4n) is 3.24. The van der Waals surface area contributed by atoms with Gasteiger partial charge in [-0.05, 0) is 49.5 Å². The second-order valence-electron chi connectivity index (χ2n) is 5.98. The van der Waals surface area contributed by atoms with Crippen molar-refractivity contribution in [1.29, 1.82) is 0 Å². The topological polar surface area (TPSA) is 49.1 Å². The summed E-state index contributed by atoms with van der Waals surface area (Å²) in [4.78, 5) is 16.2. The van der Waals surface area contributed by atoms with E-state index in [4.69, 9.17) is 4.42 Å². The third-order valence-corrected chi connectivity index (χ3v) is 5.37. The Bertz CT molecular complexity index is 688. The van der Waals surface area contributed by atoms with E-state index < -0.39 is 0 Å². The highest BCUT2D eigenvalue weighted by atomic mass is 32.1. The number of carbonyl (C=O) groups excluding carboxylic acids is 1. The molecule has 0 radical (unpaired) electrons. The van der Waals surface area contributed by atoms with Crippen LogP contribution in [0.5, 0.6) is 0 Å². The van der Waals surface area contributed by atoms with Crippen LogP contribution >= 0.6 is 11.3 Å². The number of amides is 1. The second kappa shape index (κ2) is 6.29. The minimum absolute atomic E-state index is 0.00907. The van der Waals surface area contributed by atoms with Crippen molar-refractivity contribution < 1.29 is 9.21 Å². The number of likely N-dealkylation sites (tertiary alicyclic amines) is 1. The molecule has 2 aliphatic heterocycles. The lowest BCUT2D eigenvalue weighted by molar-refractivity contribution is -0.133. The van der Waals surface area contributed by atoms with Gasteiger partial charge in [0.25, 0.3) is 5.91 Å². The molecule has 0 N–H and O–H groups in total. The molecular formula is C17H19N3O2S. The highest BCUT2D eigenvalue weighted by molar-refractivity contribution is 7.10. The molecule has 1 saturated heterocycles. The van der Waals surface area contributed by atoms with Crippen LogP contribution < -0.4 is 0 Å². The first-order valence-corrected chi connectivity index (χ1v) is 8.88. The highest BCUT2D eigenvalue weighted by Gasteiger charge is 2.35. The largest absolute Gasteiger partial charge is 0.463 e. The molecule has 5 nitrogen and oxygen atoms in total. The van der Waals surface area contributed by atoms with E-state index in [0.717, 1.165) is 24.6 Å². The standard InChI is InChI=1S/C17H19N3O2S/c21-17(12-19-7-1-2-8-19)20-14(16-6-4-10-23-16)11-13(18-20)15-5-3-9-22-15/h3-6,9-10,14H,1-2,7-8,11-12H2/t14-/m0/s1. The molecule has 2 aliphatic rings. The van der Waals surface area contributed by atoms with E-state index in [1.807, 2.05) is 23.6 Å². The van der Waals surface area contributed by atoms with Crippen molar-refractivity contribution in [3.05, 3.63) is 46.5 Å². The minimum atomic E-state index is -0.00907. The van der Waals surface area contributed by atoms with E-state index in [2.05, 4.69) is 16.1 Å². The molecule has 2 aromatic heterocycles. The Morgan fingerprint density at radius 3 is 2.87 bits per heavy atom. The van der Waals surface area contributed by atoms with E-state index in [1.54, 1.807) is 22.6 Å². The average Bonchev–Trinajstić information content (AvgIpc) is 3.30. The third-order valence-electron chi connectivity index (χ3n) is 4.40. The number of rotatable bonds is 4. The number of thiophene rings is 1. The number of hydrogen-bond acceptors (Lipinski definition) is 5. The van der Waals surface area contributed by atoms with E-state index in [0.29, 0.717) is 13.0 Å². The van der Waals surface area contributed by atoms with Gasteiger partial charge in [0.05, 0.1) is 18.8 Å². The molecule has 23 heavy (non-hydrogen) atoms. The summed E-state index contributed by atoms with van der Waals surface area (Å²) in [5, 5.41) is 8.31. The summed E-state index contributed by atoms with van der Waals surface area (Å²) in [6.07, 6.45) is 4.72. The Balaban J connectivity index is 1.57. The van der Waals surface area contributed by atoms with E-state index >= 15 is 0 Å². The van der Waals surface area contributed by atoms with Crippen LogP contribution in [-0.2, 0) is 4.79 Å². The first-order chi connectivity index (χ1) is 11.3. The normalized spacial score (nSPS) is 21.8. The Labute approximate surface area is 139 Å². The molecule has 1 amide bonds. The van der Waals surface area contributed by atoms with Crippen molar-refractivity contribution in [3.8, 4) is 0 Å². The molecule has 0 aromatic carbocycles. The second-order valence-corrected chi connectivity index (χ2v) is 6.96. The van der Waals surface area contributed by atoms with Crippen molar-refractivity contribution in [1.82, 2.24) is 9.91 Å². The van der Waals surface area contributed by atoms with Gasteiger partial charge in [0.15, 0.2) is 0 Å². The SMILES string of the molecule is O=C(CN1CCCC1)N1N=C(c2ccco2)C[C@H]1c1cccs1. The van der Waals surface area contributed by atoms with Gasteiger partial charge in [-0.1, -0.05) is 6.07 Å². The van der Waals surface area contributed by atoms with Crippen molar-refractivity contribution >= 4 is 23.0 Å². The van der Waals surface area contributed by atoms with E-state index in [9.17, 15) is 4.79 Å². The van der Waals surface area contributed by atoms with Gasteiger partial charge in [0, 0.05) is 11.3 Å². The van der Waals surface area contributed by atoms with Crippen LogP contribution in [0.3, 0.4) is 0 Å². The zero-order valence-electron chi connectivity index (χ0n) is 12.9. The van der Waals surface area contributed by atoms with E-state index in [-0.39, 0.29) is 11.9 Å². The molecule has 6 heteroatoms. The van der Waals surface area contributed by atoms with Crippen LogP contribution in [0.4, 0.5) is 0 Å². The molecule has 0 aliphatic carbocycles. The summed E-state index contributed by atoms with van der Waals surface area (Å²) in [6.45, 7) is 2.48. The van der Waals surface area contributed by atoms with Crippen molar-refractivity contribution in [2.24, 2.45) is 5.10 Å². The lowest BCUT2D eigenvalue weighted by atomic mass is 10.1. The van der Waals surface area contributed by atoms with Crippen molar-refractivity contribution in [2.45, 2.75) is 25.3 Å². The fraction of sp³-hybridized carbons (Fsp3) is 0.412. The molecule has 0 bridgehead atoms. The molecule has 1 fully saturated rings. The smallest absolute Gasteiger partial charge is 0.257 e. The summed E-state index contributed by atoms with van der Waals surface area (Å²) in [7, 11) is 0. The van der Waals surface area contributed by atoms with Gasteiger partial charge in [0.2, 0.25) is 0 Å². The maximum atomic E-state index is 12.8. The van der Waals surface area contributed by atoms with Gasteiger partial charge in [-0.3, -0.25) is 9.69 Å². The quantitative estimate of drug-likeness (QED) is 0.866. The summed E-state index contributed by atoms with van der Waals surface area (Å²) in [5.74, 6) is 0.829. The van der Waals surface area contributed by atoms with Gasteiger partial charge >= 0.3 is 0 Å². The summed E-state index contributed by atoms with van der Waals surface area (Å²) in [6, 6.07) is 7.84. The summed E-state index contributed by atoms with van der Waals surface area (Å²) >= 11 is 1.67. The van der Waals surface area contributed by atoms with Gasteiger partial charge in [-0.2, -0.15) is 5.10 Å². The number of hydrogen-bond donors (Lipinski definition) is 0. The summed E-state index contributed by atoms with van der Waals surface area (Å²) < 4.78 is 5.47. The lowest BCUT2D eigenvalue weighted by Crippen LogP contribution is -2.36. The maximum Gasteiger partial charge on any atom is 0.257 e. The Kier molecular flexibility index (Phi) is 4.01. The predicted octanol–water partition coefficient (Wildman–Crippen LogP) is 3.11. The van der Waals surface area contributed by atoms with Gasteiger partial charge in [-0.25, -0.2) is 5.01 Å². The average molecular weight is 329 g/mol. The van der Waals surface area contributed by atoms with E-state index in [1.165, 1.54) is 17.7 Å². The van der Waals surface area contributed by atoms with Gasteiger partial charge < -0.3 is 4.42 Å². The van der Waals surface area contributed by atoms with Crippen LogP contribution in [-0.4, -0.2) is 41.2 Å². The maximum absolute atomic E-state index is 12.8. The monoisotopic (exact) mass is 329 g/mol. The fourth-order valence-corrected chi connectivity index (χ4v) is 4.05. The predicted molar refractivity (Wildman–Crippen MR) is 89.4 cm³/mol. The number of nitrogens with zero attached hydrogens (tertiary/aromatic N) is 3. The van der Waals surface area contributed by atoms with Crippen molar-refractivity contribution in [3.63, 3.8) is 0 Å².